The Morgan fingerprint density at radius 3 is 2.89 bits per heavy atom. The fraction of sp³-hybridized carbons (Fsp3) is 0.417. The zero-order valence-electron chi connectivity index (χ0n) is 20.5. The monoisotopic (exact) mass is 493 g/mol. The molecule has 4 heterocycles. The number of aromatic nitrogens is 6. The normalized spacial score (nSPS) is 13.8. The van der Waals surface area contributed by atoms with Crippen molar-refractivity contribution >= 4 is 34.4 Å². The Balaban J connectivity index is 1.55. The van der Waals surface area contributed by atoms with Crippen LogP contribution in [0.5, 0.6) is 5.75 Å². The second-order valence-corrected chi connectivity index (χ2v) is 10.9. The summed E-state index contributed by atoms with van der Waals surface area (Å²) in [7, 11) is 2.08. The van der Waals surface area contributed by atoms with Crippen LogP contribution in [0, 0.1) is 5.41 Å². The quantitative estimate of drug-likeness (QED) is 0.332. The van der Waals surface area contributed by atoms with Gasteiger partial charge < -0.3 is 25.3 Å². The van der Waals surface area contributed by atoms with Gasteiger partial charge in [-0.25, -0.2) is 15.0 Å². The minimum absolute atomic E-state index is 0.206. The molecule has 0 spiro atoms. The highest BCUT2D eigenvalue weighted by atomic mass is 32.2. The molecule has 11 heteroatoms. The third-order valence-corrected chi connectivity index (χ3v) is 6.89. The minimum atomic E-state index is 0.206. The lowest BCUT2D eigenvalue weighted by atomic mass is 9.97. The summed E-state index contributed by atoms with van der Waals surface area (Å²) in [4.78, 5) is 16.8. The minimum Gasteiger partial charge on any atom is -0.490 e. The van der Waals surface area contributed by atoms with Gasteiger partial charge in [-0.15, -0.1) is 0 Å². The van der Waals surface area contributed by atoms with Gasteiger partial charge in [-0.2, -0.15) is 5.10 Å². The first-order valence-electron chi connectivity index (χ1n) is 11.7. The number of aromatic amines is 1. The highest BCUT2D eigenvalue weighted by molar-refractivity contribution is 7.99. The highest BCUT2D eigenvalue weighted by Crippen LogP contribution is 2.43. The first kappa shape index (κ1) is 23.4. The molecule has 0 saturated heterocycles. The number of anilines is 2. The lowest BCUT2D eigenvalue weighted by Crippen LogP contribution is -2.29. The van der Waals surface area contributed by atoms with E-state index >= 15 is 0 Å². The van der Waals surface area contributed by atoms with Crippen molar-refractivity contribution in [1.29, 1.82) is 0 Å². The number of fused-ring (bicyclic) bond motifs is 2. The molecule has 0 aliphatic carbocycles. The van der Waals surface area contributed by atoms with Crippen LogP contribution in [0.1, 0.15) is 20.8 Å². The molecule has 3 aromatic heterocycles. The first-order chi connectivity index (χ1) is 16.8. The number of rotatable bonds is 7. The van der Waals surface area contributed by atoms with Gasteiger partial charge in [0, 0.05) is 43.3 Å². The number of likely N-dealkylation sites (N-methyl/N-ethyl adjacent to an activating group) is 1. The molecular weight excluding hydrogens is 462 g/mol. The number of imidazole rings is 1. The van der Waals surface area contributed by atoms with Crippen LogP contribution in [0.4, 0.5) is 11.5 Å². The smallest absolute Gasteiger partial charge is 0.175 e. The molecule has 1 aromatic carbocycles. The van der Waals surface area contributed by atoms with Gasteiger partial charge in [-0.3, -0.25) is 5.10 Å². The van der Waals surface area contributed by atoms with Gasteiger partial charge in [-0.05, 0) is 23.6 Å². The lowest BCUT2D eigenvalue weighted by Gasteiger charge is -2.29. The van der Waals surface area contributed by atoms with Crippen LogP contribution in [0.15, 0.2) is 40.8 Å². The van der Waals surface area contributed by atoms with Crippen molar-refractivity contribution in [2.45, 2.75) is 37.4 Å². The first-order valence-corrected chi connectivity index (χ1v) is 12.5. The molecule has 4 aromatic rings. The van der Waals surface area contributed by atoms with Gasteiger partial charge >= 0.3 is 0 Å². The van der Waals surface area contributed by atoms with E-state index in [4.69, 9.17) is 15.5 Å². The number of nitrogens with zero attached hydrogens (tertiary/aromatic N) is 6. The van der Waals surface area contributed by atoms with E-state index in [2.05, 4.69) is 74.9 Å². The van der Waals surface area contributed by atoms with E-state index in [9.17, 15) is 0 Å². The zero-order valence-corrected chi connectivity index (χ0v) is 21.3. The Morgan fingerprint density at radius 1 is 1.26 bits per heavy atom. The van der Waals surface area contributed by atoms with Gasteiger partial charge in [0.15, 0.2) is 22.1 Å². The third-order valence-electron chi connectivity index (χ3n) is 5.84. The molecule has 5 rings (SSSR count). The Labute approximate surface area is 208 Å². The summed E-state index contributed by atoms with van der Waals surface area (Å²) in [5, 5.41) is 11.6. The Morgan fingerprint density at radius 2 is 2.11 bits per heavy atom. The summed E-state index contributed by atoms with van der Waals surface area (Å²) in [6.07, 6.45) is 3.25. The molecule has 0 amide bonds. The molecule has 0 fully saturated rings. The predicted octanol–water partition coefficient (Wildman–Crippen LogP) is 3.41. The molecule has 0 unspecified atom stereocenters. The Bertz CT molecular complexity index is 1330. The van der Waals surface area contributed by atoms with Crippen LogP contribution in [0.3, 0.4) is 0 Å². The molecule has 0 bridgehead atoms. The summed E-state index contributed by atoms with van der Waals surface area (Å²) in [6, 6.07) is 6.19. The van der Waals surface area contributed by atoms with Gasteiger partial charge in [0.25, 0.3) is 0 Å². The average Bonchev–Trinajstić information content (AvgIpc) is 3.46. The maximum absolute atomic E-state index is 6.17. The van der Waals surface area contributed by atoms with E-state index in [1.807, 2.05) is 6.07 Å². The van der Waals surface area contributed by atoms with Gasteiger partial charge in [0.2, 0.25) is 0 Å². The van der Waals surface area contributed by atoms with Crippen molar-refractivity contribution in [3.63, 3.8) is 0 Å². The molecule has 0 atom stereocenters. The number of hydrogen-bond acceptors (Lipinski definition) is 9. The van der Waals surface area contributed by atoms with E-state index in [0.29, 0.717) is 24.5 Å². The van der Waals surface area contributed by atoms with E-state index in [0.717, 1.165) is 58.0 Å². The summed E-state index contributed by atoms with van der Waals surface area (Å²) in [5.41, 5.74) is 10.7. The molecule has 4 N–H and O–H groups in total. The van der Waals surface area contributed by atoms with Crippen molar-refractivity contribution in [1.82, 2.24) is 35.0 Å². The molecule has 35 heavy (non-hydrogen) atoms. The zero-order chi connectivity index (χ0) is 24.6. The fourth-order valence-electron chi connectivity index (χ4n) is 4.04. The topological polar surface area (TPSA) is 123 Å². The van der Waals surface area contributed by atoms with E-state index in [-0.39, 0.29) is 5.41 Å². The van der Waals surface area contributed by atoms with Crippen molar-refractivity contribution in [3.05, 3.63) is 30.7 Å². The SMILES string of the molecule is CN1CCOc2cc(-c3ccn[nH]3)c(Sc3nc4c(N)ncnc4n3CCNCC(C)(C)C)cc21. The van der Waals surface area contributed by atoms with Crippen molar-refractivity contribution < 1.29 is 4.74 Å². The molecule has 0 saturated carbocycles. The van der Waals surface area contributed by atoms with Crippen LogP contribution < -0.4 is 20.7 Å². The third kappa shape index (κ3) is 4.92. The number of nitrogens with two attached hydrogens (primary N) is 1. The highest BCUT2D eigenvalue weighted by Gasteiger charge is 2.23. The van der Waals surface area contributed by atoms with E-state index in [1.165, 1.54) is 6.33 Å². The number of nitrogens with one attached hydrogen (secondary N) is 2. The van der Waals surface area contributed by atoms with Crippen molar-refractivity contribution in [2.24, 2.45) is 5.41 Å². The largest absolute Gasteiger partial charge is 0.490 e. The van der Waals surface area contributed by atoms with Gasteiger partial charge in [-0.1, -0.05) is 32.5 Å². The van der Waals surface area contributed by atoms with Crippen LogP contribution >= 0.6 is 11.8 Å². The fourth-order valence-corrected chi connectivity index (χ4v) is 5.11. The molecule has 1 aliphatic heterocycles. The Hall–Kier alpha value is -3.31. The number of benzene rings is 1. The maximum Gasteiger partial charge on any atom is 0.175 e. The van der Waals surface area contributed by atoms with Crippen molar-refractivity contribution in [2.75, 3.05) is 43.9 Å². The molecule has 0 radical (unpaired) electrons. The number of ether oxygens (including phenoxy) is 1. The summed E-state index contributed by atoms with van der Waals surface area (Å²) in [5.74, 6) is 1.24. The van der Waals surface area contributed by atoms with Crippen LogP contribution in [-0.2, 0) is 6.54 Å². The van der Waals surface area contributed by atoms with E-state index in [1.54, 1.807) is 18.0 Å². The van der Waals surface area contributed by atoms with Crippen LogP contribution in [-0.4, -0.2) is 63.0 Å². The van der Waals surface area contributed by atoms with Gasteiger partial charge in [0.05, 0.1) is 17.9 Å². The number of hydrogen-bond donors (Lipinski definition) is 3. The summed E-state index contributed by atoms with van der Waals surface area (Å²) in [6.45, 7) is 10.6. The molecular formula is C24H31N9OS. The average molecular weight is 494 g/mol. The Kier molecular flexibility index (Phi) is 6.28. The second kappa shape index (κ2) is 9.38. The standard InChI is InChI=1S/C24H31N9OS/c1-24(2,3)13-26-7-8-33-22-20(21(25)27-14-28-22)30-23(33)35-19-12-17-18(34-10-9-32(17)4)11-15(19)16-5-6-29-31-16/h5-6,11-12,14,26H,7-10,13H2,1-4H3,(H,29,31)(H2,25,27,28). The van der Waals surface area contributed by atoms with Crippen LogP contribution in [0.2, 0.25) is 0 Å². The van der Waals surface area contributed by atoms with Crippen molar-refractivity contribution in [3.8, 4) is 17.0 Å². The number of H-pyrrole nitrogens is 1. The molecule has 184 valence electrons. The maximum atomic E-state index is 6.17. The summed E-state index contributed by atoms with van der Waals surface area (Å²) >= 11 is 1.58. The van der Waals surface area contributed by atoms with E-state index < -0.39 is 0 Å². The number of nitrogen functional groups attached to an aromatic ring is 1. The second-order valence-electron chi connectivity index (χ2n) is 9.87. The molecule has 1 aliphatic rings. The predicted molar refractivity (Wildman–Crippen MR) is 139 cm³/mol. The van der Waals surface area contributed by atoms with Crippen LogP contribution in [0.25, 0.3) is 22.4 Å². The van der Waals surface area contributed by atoms with Gasteiger partial charge in [0.1, 0.15) is 18.7 Å². The lowest BCUT2D eigenvalue weighted by molar-refractivity contribution is 0.311. The molecule has 10 nitrogen and oxygen atoms in total. The summed E-state index contributed by atoms with van der Waals surface area (Å²) < 4.78 is 8.08.